The van der Waals surface area contributed by atoms with Gasteiger partial charge in [0.2, 0.25) is 0 Å². The number of carbonyl (C=O) groups excluding carboxylic acids is 2. The van der Waals surface area contributed by atoms with Crippen LogP contribution in [-0.2, 0) is 4.79 Å². The zero-order chi connectivity index (χ0) is 12.1. The average molecular weight is 220 g/mol. The molecule has 0 bridgehead atoms. The Morgan fingerprint density at radius 2 is 2.06 bits per heavy atom. The highest BCUT2D eigenvalue weighted by molar-refractivity contribution is 5.89. The number of hydrogen-bond donors (Lipinski definition) is 0. The summed E-state index contributed by atoms with van der Waals surface area (Å²) in [5.41, 5.74) is 0.744. The maximum Gasteiger partial charge on any atom is 0.338 e. The lowest BCUT2D eigenvalue weighted by Gasteiger charge is -2.09. The van der Waals surface area contributed by atoms with E-state index >= 15 is 0 Å². The van der Waals surface area contributed by atoms with Gasteiger partial charge in [0.05, 0.1) is 7.11 Å². The summed E-state index contributed by atoms with van der Waals surface area (Å²) >= 11 is 0. The summed E-state index contributed by atoms with van der Waals surface area (Å²) < 4.78 is 10.0. The van der Waals surface area contributed by atoms with Crippen LogP contribution in [0.15, 0.2) is 30.4 Å². The molecule has 0 fully saturated rings. The molecule has 84 valence electrons. The fourth-order valence-corrected chi connectivity index (χ4v) is 1.03. The molecule has 0 amide bonds. The smallest absolute Gasteiger partial charge is 0.338 e. The Bertz CT molecular complexity index is 435. The Kier molecular flexibility index (Phi) is 3.83. The largest absolute Gasteiger partial charge is 0.493 e. The quantitative estimate of drug-likeness (QED) is 0.337. The van der Waals surface area contributed by atoms with Crippen molar-refractivity contribution in [2.75, 3.05) is 7.11 Å². The molecule has 1 aromatic rings. The summed E-state index contributed by atoms with van der Waals surface area (Å²) in [5.74, 6) is 0.0671. The van der Waals surface area contributed by atoms with Crippen molar-refractivity contribution in [2.24, 2.45) is 0 Å². The topological polar surface area (TPSA) is 52.6 Å². The molecule has 0 unspecified atom stereocenters. The second kappa shape index (κ2) is 5.11. The van der Waals surface area contributed by atoms with Gasteiger partial charge in [-0.1, -0.05) is 6.58 Å². The van der Waals surface area contributed by atoms with Crippen molar-refractivity contribution in [3.63, 3.8) is 0 Å². The van der Waals surface area contributed by atoms with E-state index in [-0.39, 0.29) is 5.75 Å². The summed E-state index contributed by atoms with van der Waals surface area (Å²) in [5, 5.41) is 0. The summed E-state index contributed by atoms with van der Waals surface area (Å²) in [6.45, 7) is 5.02. The molecule has 1 aromatic carbocycles. The van der Waals surface area contributed by atoms with E-state index in [0.29, 0.717) is 23.2 Å². The predicted molar refractivity (Wildman–Crippen MR) is 58.8 cm³/mol. The highest BCUT2D eigenvalue weighted by atomic mass is 16.6. The molecule has 0 saturated heterocycles. The van der Waals surface area contributed by atoms with Crippen LogP contribution in [0.4, 0.5) is 0 Å². The van der Waals surface area contributed by atoms with Crippen LogP contribution in [-0.4, -0.2) is 19.4 Å². The molecule has 0 atom stereocenters. The number of methoxy groups -OCH3 is 1. The van der Waals surface area contributed by atoms with Crippen LogP contribution in [0, 0.1) is 0 Å². The monoisotopic (exact) mass is 220 g/mol. The maximum absolute atomic E-state index is 11.3. The van der Waals surface area contributed by atoms with Crippen LogP contribution in [0.1, 0.15) is 17.3 Å². The standard InChI is InChI=1S/C12H12O4/c1-8(2)12(14)16-10-5-4-9(7-13)6-11(10)15-3/h4-7H,1H2,2-3H3. The van der Waals surface area contributed by atoms with Crippen molar-refractivity contribution in [3.05, 3.63) is 35.9 Å². The number of aldehydes is 1. The van der Waals surface area contributed by atoms with E-state index < -0.39 is 5.97 Å². The van der Waals surface area contributed by atoms with Crippen molar-refractivity contribution >= 4 is 12.3 Å². The van der Waals surface area contributed by atoms with E-state index in [0.717, 1.165) is 0 Å². The summed E-state index contributed by atoms with van der Waals surface area (Å²) in [6, 6.07) is 4.54. The predicted octanol–water partition coefficient (Wildman–Crippen LogP) is 1.99. The highest BCUT2D eigenvalue weighted by Crippen LogP contribution is 2.28. The molecule has 0 spiro atoms. The zero-order valence-corrected chi connectivity index (χ0v) is 9.15. The first kappa shape index (κ1) is 12.0. The summed E-state index contributed by atoms with van der Waals surface area (Å²) in [4.78, 5) is 21.8. The Morgan fingerprint density at radius 3 is 2.56 bits per heavy atom. The molecule has 0 saturated carbocycles. The van der Waals surface area contributed by atoms with Crippen LogP contribution < -0.4 is 9.47 Å². The molecule has 0 aromatic heterocycles. The Labute approximate surface area is 93.5 Å². The number of carbonyl (C=O) groups is 2. The number of hydrogen-bond acceptors (Lipinski definition) is 4. The minimum atomic E-state index is -0.530. The molecule has 4 heteroatoms. The third-order valence-corrected chi connectivity index (χ3v) is 1.87. The van der Waals surface area contributed by atoms with E-state index in [9.17, 15) is 9.59 Å². The maximum atomic E-state index is 11.3. The molecule has 0 aliphatic rings. The van der Waals surface area contributed by atoms with Crippen LogP contribution in [0.2, 0.25) is 0 Å². The SMILES string of the molecule is C=C(C)C(=O)Oc1ccc(C=O)cc1OC. The number of rotatable bonds is 4. The lowest BCUT2D eigenvalue weighted by Crippen LogP contribution is -2.09. The van der Waals surface area contributed by atoms with Gasteiger partial charge in [-0.3, -0.25) is 4.79 Å². The van der Waals surface area contributed by atoms with Crippen molar-refractivity contribution in [1.82, 2.24) is 0 Å². The van der Waals surface area contributed by atoms with Gasteiger partial charge in [-0.05, 0) is 25.1 Å². The fraction of sp³-hybridized carbons (Fsp3) is 0.167. The first-order chi connectivity index (χ1) is 7.58. The van der Waals surface area contributed by atoms with Crippen molar-refractivity contribution in [2.45, 2.75) is 6.92 Å². The summed E-state index contributed by atoms with van der Waals surface area (Å²) in [7, 11) is 1.43. The zero-order valence-electron chi connectivity index (χ0n) is 9.15. The average Bonchev–Trinajstić information content (AvgIpc) is 2.29. The van der Waals surface area contributed by atoms with Gasteiger partial charge < -0.3 is 9.47 Å². The third-order valence-electron chi connectivity index (χ3n) is 1.87. The van der Waals surface area contributed by atoms with Crippen molar-refractivity contribution in [1.29, 1.82) is 0 Å². The molecule has 4 nitrogen and oxygen atoms in total. The Hall–Kier alpha value is -2.10. The van der Waals surface area contributed by atoms with E-state index in [1.54, 1.807) is 6.92 Å². The summed E-state index contributed by atoms with van der Waals surface area (Å²) in [6.07, 6.45) is 0.687. The fourth-order valence-electron chi connectivity index (χ4n) is 1.03. The highest BCUT2D eigenvalue weighted by Gasteiger charge is 2.10. The second-order valence-electron chi connectivity index (χ2n) is 3.20. The Morgan fingerprint density at radius 1 is 1.38 bits per heavy atom. The first-order valence-corrected chi connectivity index (χ1v) is 4.59. The van der Waals surface area contributed by atoms with E-state index in [1.807, 2.05) is 0 Å². The van der Waals surface area contributed by atoms with E-state index in [2.05, 4.69) is 6.58 Å². The molecule has 16 heavy (non-hydrogen) atoms. The normalized spacial score (nSPS) is 9.38. The Balaban J connectivity index is 3.00. The minimum absolute atomic E-state index is 0.265. The van der Waals surface area contributed by atoms with E-state index in [4.69, 9.17) is 9.47 Å². The van der Waals surface area contributed by atoms with Gasteiger partial charge in [0, 0.05) is 11.1 Å². The molecule has 0 N–H and O–H groups in total. The van der Waals surface area contributed by atoms with Crippen LogP contribution in [0.25, 0.3) is 0 Å². The number of benzene rings is 1. The van der Waals surface area contributed by atoms with Gasteiger partial charge in [0.15, 0.2) is 11.5 Å². The first-order valence-electron chi connectivity index (χ1n) is 4.59. The molecule has 0 heterocycles. The van der Waals surface area contributed by atoms with Crippen LogP contribution in [0.5, 0.6) is 11.5 Å². The molecule has 1 rings (SSSR count). The van der Waals surface area contributed by atoms with Crippen molar-refractivity contribution < 1.29 is 19.1 Å². The molecule has 0 radical (unpaired) electrons. The van der Waals surface area contributed by atoms with Gasteiger partial charge in [0.1, 0.15) is 6.29 Å². The molecular formula is C12H12O4. The van der Waals surface area contributed by atoms with Gasteiger partial charge >= 0.3 is 5.97 Å². The minimum Gasteiger partial charge on any atom is -0.493 e. The molecule has 0 aliphatic heterocycles. The molecular weight excluding hydrogens is 208 g/mol. The van der Waals surface area contributed by atoms with Gasteiger partial charge in [-0.15, -0.1) is 0 Å². The van der Waals surface area contributed by atoms with Gasteiger partial charge in [-0.25, -0.2) is 4.79 Å². The van der Waals surface area contributed by atoms with Crippen LogP contribution in [0.3, 0.4) is 0 Å². The van der Waals surface area contributed by atoms with Gasteiger partial charge in [-0.2, -0.15) is 0 Å². The molecule has 0 aliphatic carbocycles. The number of ether oxygens (including phenoxy) is 2. The number of esters is 1. The second-order valence-corrected chi connectivity index (χ2v) is 3.20. The lowest BCUT2D eigenvalue weighted by atomic mass is 10.2. The lowest BCUT2D eigenvalue weighted by molar-refractivity contribution is -0.130. The van der Waals surface area contributed by atoms with Crippen molar-refractivity contribution in [3.8, 4) is 11.5 Å². The van der Waals surface area contributed by atoms with E-state index in [1.165, 1.54) is 25.3 Å². The third kappa shape index (κ3) is 2.70. The van der Waals surface area contributed by atoms with Crippen LogP contribution >= 0.6 is 0 Å². The van der Waals surface area contributed by atoms with Gasteiger partial charge in [0.25, 0.3) is 0 Å².